The van der Waals surface area contributed by atoms with Crippen LogP contribution < -0.4 is 4.90 Å². The average molecular weight is 234 g/mol. The van der Waals surface area contributed by atoms with Gasteiger partial charge in [0.1, 0.15) is 5.82 Å². The number of hydrogen-bond donors (Lipinski definition) is 0. The van der Waals surface area contributed by atoms with Crippen LogP contribution in [0.15, 0.2) is 24.4 Å². The van der Waals surface area contributed by atoms with E-state index in [1.165, 1.54) is 12.0 Å². The Kier molecular flexibility index (Phi) is 3.08. The Bertz CT molecular complexity index is 433. The molecule has 17 heavy (non-hydrogen) atoms. The molecule has 2 rings (SSSR count). The van der Waals surface area contributed by atoms with Gasteiger partial charge >= 0.3 is 5.97 Å². The van der Waals surface area contributed by atoms with Crippen molar-refractivity contribution >= 4 is 17.7 Å². The first-order valence-electron chi connectivity index (χ1n) is 5.41. The zero-order valence-electron chi connectivity index (χ0n) is 9.79. The van der Waals surface area contributed by atoms with Gasteiger partial charge < -0.3 is 4.74 Å². The molecule has 5 nitrogen and oxygen atoms in total. The van der Waals surface area contributed by atoms with Crippen LogP contribution in [0.4, 0.5) is 5.82 Å². The summed E-state index contributed by atoms with van der Waals surface area (Å²) in [6, 6.07) is 5.36. The maximum absolute atomic E-state index is 12.0. The molecule has 2 atom stereocenters. The van der Waals surface area contributed by atoms with E-state index in [2.05, 4.69) is 9.72 Å². The summed E-state index contributed by atoms with van der Waals surface area (Å²) in [4.78, 5) is 28.8. The highest BCUT2D eigenvalue weighted by atomic mass is 16.5. The summed E-state index contributed by atoms with van der Waals surface area (Å²) in [7, 11) is 3.00. The Morgan fingerprint density at radius 3 is 2.76 bits per heavy atom. The summed E-state index contributed by atoms with van der Waals surface area (Å²) in [5.74, 6) is -0.335. The lowest BCUT2D eigenvalue weighted by atomic mass is 10.3. The highest BCUT2D eigenvalue weighted by molar-refractivity contribution is 5.99. The van der Waals surface area contributed by atoms with Gasteiger partial charge in [0.15, 0.2) is 0 Å². The number of ether oxygens (including phenoxy) is 1. The Balaban J connectivity index is 2.01. The monoisotopic (exact) mass is 234 g/mol. The number of rotatable bonds is 3. The third-order valence-electron chi connectivity index (χ3n) is 2.94. The van der Waals surface area contributed by atoms with Gasteiger partial charge in [0.2, 0.25) is 5.91 Å². The van der Waals surface area contributed by atoms with Crippen molar-refractivity contribution in [1.82, 2.24) is 4.98 Å². The normalized spacial score (nSPS) is 21.8. The van der Waals surface area contributed by atoms with E-state index in [1.54, 1.807) is 25.4 Å². The molecule has 1 fully saturated rings. The van der Waals surface area contributed by atoms with Crippen molar-refractivity contribution in [2.75, 3.05) is 19.1 Å². The van der Waals surface area contributed by atoms with Gasteiger partial charge in [-0.05, 0) is 18.6 Å². The summed E-state index contributed by atoms with van der Waals surface area (Å²) in [5, 5.41) is 0. The predicted octanol–water partition coefficient (Wildman–Crippen LogP) is 0.853. The second-order valence-electron chi connectivity index (χ2n) is 4.06. The molecule has 0 bridgehead atoms. The Morgan fingerprint density at radius 2 is 2.18 bits per heavy atom. The van der Waals surface area contributed by atoms with Crippen LogP contribution in [0.5, 0.6) is 0 Å². The SMILES string of the molecule is COC(=O)[C@@H]1C[C@@H]1C(=O)N(C)c1ccccn1. The fourth-order valence-corrected chi connectivity index (χ4v) is 1.79. The minimum absolute atomic E-state index is 0.0842. The lowest BCUT2D eigenvalue weighted by Gasteiger charge is -2.15. The van der Waals surface area contributed by atoms with Crippen molar-refractivity contribution in [3.63, 3.8) is 0 Å². The highest BCUT2D eigenvalue weighted by Crippen LogP contribution is 2.41. The van der Waals surface area contributed by atoms with Crippen molar-refractivity contribution in [2.45, 2.75) is 6.42 Å². The third kappa shape index (κ3) is 2.27. The minimum atomic E-state index is -0.308. The molecule has 1 saturated carbocycles. The molecule has 1 amide bonds. The average Bonchev–Trinajstić information content (AvgIpc) is 3.17. The van der Waals surface area contributed by atoms with E-state index < -0.39 is 0 Å². The van der Waals surface area contributed by atoms with Crippen LogP contribution >= 0.6 is 0 Å². The minimum Gasteiger partial charge on any atom is -0.469 e. The molecule has 0 saturated heterocycles. The van der Waals surface area contributed by atoms with Crippen LogP contribution in [-0.2, 0) is 14.3 Å². The van der Waals surface area contributed by atoms with Gasteiger partial charge in [-0.1, -0.05) is 6.07 Å². The number of carbonyl (C=O) groups is 2. The van der Waals surface area contributed by atoms with Crippen molar-refractivity contribution in [1.29, 1.82) is 0 Å². The quantitative estimate of drug-likeness (QED) is 0.727. The molecule has 1 aliphatic carbocycles. The fourth-order valence-electron chi connectivity index (χ4n) is 1.79. The molecule has 1 heterocycles. The smallest absolute Gasteiger partial charge is 0.309 e. The first kappa shape index (κ1) is 11.6. The Labute approximate surface area is 99.4 Å². The maximum atomic E-state index is 12.0. The molecule has 0 aromatic carbocycles. The van der Waals surface area contributed by atoms with Crippen LogP contribution in [0.25, 0.3) is 0 Å². The number of pyridine rings is 1. The number of anilines is 1. The van der Waals surface area contributed by atoms with Crippen LogP contribution in [-0.4, -0.2) is 31.0 Å². The first-order valence-corrected chi connectivity index (χ1v) is 5.41. The van der Waals surface area contributed by atoms with Crippen LogP contribution in [0, 0.1) is 11.8 Å². The topological polar surface area (TPSA) is 59.5 Å². The standard InChI is InChI=1S/C12H14N2O3/c1-14(10-5-3-4-6-13-10)11(15)8-7-9(8)12(16)17-2/h3-6,8-9H,7H2,1-2H3/t8-,9+/m0/s1. The van der Waals surface area contributed by atoms with Gasteiger partial charge in [-0.2, -0.15) is 0 Å². The van der Waals surface area contributed by atoms with E-state index in [-0.39, 0.29) is 23.7 Å². The number of methoxy groups -OCH3 is 1. The van der Waals surface area contributed by atoms with Crippen LogP contribution in [0.1, 0.15) is 6.42 Å². The molecule has 90 valence electrons. The Morgan fingerprint density at radius 1 is 1.41 bits per heavy atom. The van der Waals surface area contributed by atoms with Crippen LogP contribution in [0.3, 0.4) is 0 Å². The third-order valence-corrected chi connectivity index (χ3v) is 2.94. The zero-order chi connectivity index (χ0) is 12.4. The van der Waals surface area contributed by atoms with E-state index in [1.807, 2.05) is 6.07 Å². The molecule has 0 aliphatic heterocycles. The van der Waals surface area contributed by atoms with Gasteiger partial charge in [-0.25, -0.2) is 4.98 Å². The number of aromatic nitrogens is 1. The van der Waals surface area contributed by atoms with Gasteiger partial charge in [0, 0.05) is 13.2 Å². The van der Waals surface area contributed by atoms with Gasteiger partial charge in [-0.15, -0.1) is 0 Å². The molecule has 1 aromatic heterocycles. The zero-order valence-corrected chi connectivity index (χ0v) is 9.79. The van der Waals surface area contributed by atoms with Gasteiger partial charge in [-0.3, -0.25) is 14.5 Å². The number of carbonyl (C=O) groups excluding carboxylic acids is 2. The van der Waals surface area contributed by atoms with E-state index in [0.717, 1.165) is 0 Å². The van der Waals surface area contributed by atoms with Gasteiger partial charge in [0.05, 0.1) is 18.9 Å². The lowest BCUT2D eigenvalue weighted by molar-refractivity contribution is -0.143. The number of hydrogen-bond acceptors (Lipinski definition) is 4. The van der Waals surface area contributed by atoms with Crippen molar-refractivity contribution in [3.05, 3.63) is 24.4 Å². The van der Waals surface area contributed by atoms with Crippen LogP contribution in [0.2, 0.25) is 0 Å². The van der Waals surface area contributed by atoms with Crippen molar-refractivity contribution in [3.8, 4) is 0 Å². The number of esters is 1. The molecule has 5 heteroatoms. The maximum Gasteiger partial charge on any atom is 0.309 e. The molecule has 0 unspecified atom stereocenters. The molecule has 0 N–H and O–H groups in total. The fraction of sp³-hybridized carbons (Fsp3) is 0.417. The molecule has 0 radical (unpaired) electrons. The number of nitrogens with zero attached hydrogens (tertiary/aromatic N) is 2. The van der Waals surface area contributed by atoms with E-state index in [4.69, 9.17) is 0 Å². The highest BCUT2D eigenvalue weighted by Gasteiger charge is 2.50. The lowest BCUT2D eigenvalue weighted by Crippen LogP contribution is -2.29. The Hall–Kier alpha value is -1.91. The van der Waals surface area contributed by atoms with E-state index in [0.29, 0.717) is 12.2 Å². The first-order chi connectivity index (χ1) is 8.15. The summed E-state index contributed by atoms with van der Waals surface area (Å²) in [6.07, 6.45) is 2.20. The molecule has 1 aromatic rings. The largest absolute Gasteiger partial charge is 0.469 e. The summed E-state index contributed by atoms with van der Waals surface area (Å²) >= 11 is 0. The van der Waals surface area contributed by atoms with E-state index >= 15 is 0 Å². The molecular formula is C12H14N2O3. The van der Waals surface area contributed by atoms with Crippen molar-refractivity contribution < 1.29 is 14.3 Å². The van der Waals surface area contributed by atoms with E-state index in [9.17, 15) is 9.59 Å². The summed E-state index contributed by atoms with van der Waals surface area (Å²) < 4.78 is 4.61. The molecular weight excluding hydrogens is 220 g/mol. The van der Waals surface area contributed by atoms with Crippen molar-refractivity contribution in [2.24, 2.45) is 11.8 Å². The molecule has 0 spiro atoms. The summed E-state index contributed by atoms with van der Waals surface area (Å²) in [5.41, 5.74) is 0. The number of amides is 1. The second-order valence-corrected chi connectivity index (χ2v) is 4.06. The second kappa shape index (κ2) is 4.53. The predicted molar refractivity (Wildman–Crippen MR) is 61.3 cm³/mol. The van der Waals surface area contributed by atoms with Gasteiger partial charge in [0.25, 0.3) is 0 Å². The summed E-state index contributed by atoms with van der Waals surface area (Å²) in [6.45, 7) is 0. The molecule has 1 aliphatic rings.